The van der Waals surface area contributed by atoms with E-state index in [1.54, 1.807) is 23.5 Å². The van der Waals surface area contributed by atoms with Crippen molar-refractivity contribution in [2.24, 2.45) is 0 Å². The Bertz CT molecular complexity index is 3130. The van der Waals surface area contributed by atoms with Gasteiger partial charge in [-0.25, -0.2) is 12.1 Å². The van der Waals surface area contributed by atoms with E-state index in [1.165, 1.54) is 20.1 Å². The molecule has 310 valence electrons. The summed E-state index contributed by atoms with van der Waals surface area (Å²) in [6, 6.07) is 51.8. The largest absolute Gasteiger partial charge is 0.631 e. The number of rotatable bonds is 4. The number of hydrogen-bond acceptors (Lipinski definition) is 7. The van der Waals surface area contributed by atoms with Crippen LogP contribution in [0.2, 0.25) is 0 Å². The number of aromatic nitrogens is 4. The Morgan fingerprint density at radius 1 is 0.508 bits per heavy atom. The smallest absolute Gasteiger partial charge is 0.212 e. The molecule has 0 N–H and O–H groups in total. The number of furan rings is 1. The third-order valence-electron chi connectivity index (χ3n) is 11.9. The second kappa shape index (κ2) is 15.2. The first-order valence-electron chi connectivity index (χ1n) is 20.1. The second-order valence-corrected chi connectivity index (χ2v) is 18.0. The van der Waals surface area contributed by atoms with E-state index >= 15 is 0 Å². The van der Waals surface area contributed by atoms with Gasteiger partial charge in [0.05, 0.1) is 11.4 Å². The van der Waals surface area contributed by atoms with Crippen LogP contribution >= 0.6 is 23.5 Å². The first kappa shape index (κ1) is 40.6. The van der Waals surface area contributed by atoms with E-state index in [2.05, 4.69) is 105 Å². The number of nitrogens with zero attached hydrogens (tertiary/aromatic N) is 4. The minimum Gasteiger partial charge on any atom is -0.631 e. The Balaban J connectivity index is 0.00000222. The molecule has 7 nitrogen and oxygen atoms in total. The third kappa shape index (κ3) is 6.36. The molecule has 0 amide bonds. The van der Waals surface area contributed by atoms with Gasteiger partial charge >= 0.3 is 0 Å². The average Bonchev–Trinajstić information content (AvgIpc) is 4.00. The molecule has 0 bridgehead atoms. The summed E-state index contributed by atoms with van der Waals surface area (Å²) < 4.78 is 23.1. The first-order valence-corrected chi connectivity index (χ1v) is 21.7. The molecule has 63 heavy (non-hydrogen) atoms. The van der Waals surface area contributed by atoms with Gasteiger partial charge in [-0.2, -0.15) is 45.6 Å². The van der Waals surface area contributed by atoms with Crippen molar-refractivity contribution >= 4 is 69.7 Å². The number of ether oxygens (including phenoxy) is 2. The van der Waals surface area contributed by atoms with Gasteiger partial charge in [0.25, 0.3) is 0 Å². The van der Waals surface area contributed by atoms with Crippen LogP contribution in [-0.2, 0) is 42.1 Å². The summed E-state index contributed by atoms with van der Waals surface area (Å²) in [6.07, 6.45) is 3.16. The minimum absolute atomic E-state index is 0. The molecule has 9 aromatic rings. The van der Waals surface area contributed by atoms with Crippen LogP contribution in [0.3, 0.4) is 0 Å². The van der Waals surface area contributed by atoms with E-state index in [0.29, 0.717) is 11.3 Å². The van der Waals surface area contributed by atoms with Crippen molar-refractivity contribution in [1.82, 2.24) is 19.6 Å². The van der Waals surface area contributed by atoms with Crippen LogP contribution in [0.4, 0.5) is 0 Å². The summed E-state index contributed by atoms with van der Waals surface area (Å²) in [4.78, 5) is 4.86. The Hall–Kier alpha value is -5.17. The number of aryl methyl sites for hydroxylation is 4. The molecule has 0 saturated carbocycles. The molecule has 0 spiro atoms. The molecule has 0 radical (unpaired) electrons. The van der Waals surface area contributed by atoms with Gasteiger partial charge in [0, 0.05) is 70.5 Å². The normalized spacial score (nSPS) is 13.2. The summed E-state index contributed by atoms with van der Waals surface area (Å²) in [5.74, 6) is 3.54. The Kier molecular flexibility index (Phi) is 9.81. The number of benzene rings is 6. The van der Waals surface area contributed by atoms with Crippen molar-refractivity contribution in [1.29, 1.82) is 0 Å². The van der Waals surface area contributed by atoms with Crippen molar-refractivity contribution in [3.63, 3.8) is 0 Å². The molecular weight excluding hydrogens is 1180 g/mol. The van der Waals surface area contributed by atoms with E-state index in [4.69, 9.17) is 24.1 Å². The standard InChI is InChI=1S/C50H28B2N4O3S2.2Pt/c1-27-19-29(3)55(53-27)34-13-16-41-37(24-34)51-36-21-31(11-15-40(36)58-42-7-5-8-43(59-41)49(42)51)33-23-44(57-26-33)32-12-17-45-38(22-32)52-39-25-35(56-30(4)20-28(2)54-56)14-18-46(39)61-48-10-6-9-47(60-45)50(48)52;;/h5-20H,1-4H3;;/q-6;;. The molecule has 13 rings (SSSR count). The molecule has 0 fully saturated rings. The van der Waals surface area contributed by atoms with Gasteiger partial charge < -0.3 is 31.1 Å². The third-order valence-corrected chi connectivity index (χ3v) is 14.2. The molecule has 7 heterocycles. The van der Waals surface area contributed by atoms with Crippen LogP contribution in [0.15, 0.2) is 121 Å². The maximum atomic E-state index is 6.52. The van der Waals surface area contributed by atoms with Gasteiger partial charge in [-0.05, 0) is 90.7 Å². The zero-order valence-electron chi connectivity index (χ0n) is 33.9. The van der Waals surface area contributed by atoms with Crippen LogP contribution in [-0.4, -0.2) is 33.0 Å². The van der Waals surface area contributed by atoms with Gasteiger partial charge in [-0.1, -0.05) is 22.8 Å². The molecule has 0 saturated heterocycles. The van der Waals surface area contributed by atoms with Crippen molar-refractivity contribution in [3.05, 3.63) is 156 Å². The molecule has 0 aliphatic carbocycles. The monoisotopic (exact) mass is 1210 g/mol. The predicted molar refractivity (Wildman–Crippen MR) is 239 cm³/mol. The summed E-state index contributed by atoms with van der Waals surface area (Å²) in [5.41, 5.74) is 14.3. The topological polar surface area (TPSA) is 67.2 Å². The quantitative estimate of drug-likeness (QED) is 0.137. The van der Waals surface area contributed by atoms with Crippen molar-refractivity contribution in [3.8, 4) is 56.8 Å². The molecule has 4 aliphatic heterocycles. The van der Waals surface area contributed by atoms with Crippen LogP contribution in [0.1, 0.15) is 22.8 Å². The zero-order valence-corrected chi connectivity index (χ0v) is 40.0. The van der Waals surface area contributed by atoms with E-state index in [-0.39, 0.29) is 55.6 Å². The van der Waals surface area contributed by atoms with Crippen LogP contribution in [0.5, 0.6) is 23.0 Å². The molecule has 0 atom stereocenters. The summed E-state index contributed by atoms with van der Waals surface area (Å²) in [5, 5.41) is 9.53. The first-order chi connectivity index (χ1) is 29.8. The van der Waals surface area contributed by atoms with E-state index in [9.17, 15) is 0 Å². The SMILES string of the molecule is Cc1cc(C)n(-c2[c-]c3c(cc2)Oc2cccc4c2B3c2[c-]c(-c3[c-]oc(-c5[c-]c6c(cc5)Sc5cccc7c5B6c5[c-]c(-n6nc(C)cc6C)ccc5S7)[c-]3)ccc2O4)n1.[Pt].[Pt]. The van der Waals surface area contributed by atoms with E-state index in [1.807, 2.05) is 65.7 Å². The summed E-state index contributed by atoms with van der Waals surface area (Å²) in [7, 11) is 0. The molecule has 0 unspecified atom stereocenters. The van der Waals surface area contributed by atoms with Gasteiger partial charge in [-0.3, -0.25) is 9.36 Å². The fourth-order valence-electron chi connectivity index (χ4n) is 9.27. The summed E-state index contributed by atoms with van der Waals surface area (Å²) >= 11 is 3.60. The average molecular weight is 1210 g/mol. The van der Waals surface area contributed by atoms with Gasteiger partial charge in [0.15, 0.2) is 0 Å². The Morgan fingerprint density at radius 2 is 1.03 bits per heavy atom. The Morgan fingerprint density at radius 3 is 1.68 bits per heavy atom. The van der Waals surface area contributed by atoms with Crippen LogP contribution < -0.4 is 42.3 Å². The van der Waals surface area contributed by atoms with Gasteiger partial charge in [0.1, 0.15) is 11.5 Å². The van der Waals surface area contributed by atoms with Gasteiger partial charge in [-0.15, -0.1) is 87.3 Å². The van der Waals surface area contributed by atoms with Crippen LogP contribution in [0, 0.1) is 64.3 Å². The predicted octanol–water partition coefficient (Wildman–Crippen LogP) is 7.19. The molecule has 13 heteroatoms. The number of hydrogen-bond donors (Lipinski definition) is 0. The zero-order chi connectivity index (χ0) is 40.7. The van der Waals surface area contributed by atoms with Gasteiger partial charge in [0.2, 0.25) is 13.4 Å². The fourth-order valence-corrected chi connectivity index (χ4v) is 11.6. The van der Waals surface area contributed by atoms with Crippen molar-refractivity contribution in [2.45, 2.75) is 47.3 Å². The van der Waals surface area contributed by atoms with Crippen molar-refractivity contribution in [2.75, 3.05) is 0 Å². The van der Waals surface area contributed by atoms with E-state index in [0.717, 1.165) is 100 Å². The van der Waals surface area contributed by atoms with Crippen molar-refractivity contribution < 1.29 is 56.0 Å². The Labute approximate surface area is 402 Å². The van der Waals surface area contributed by atoms with E-state index < -0.39 is 0 Å². The minimum atomic E-state index is -0.240. The van der Waals surface area contributed by atoms with Crippen LogP contribution in [0.25, 0.3) is 33.8 Å². The molecule has 6 aromatic carbocycles. The fraction of sp³-hybridized carbons (Fsp3) is 0.0800. The number of fused-ring (bicyclic) bond motifs is 8. The molecular formula is C50H28B2N4O3Pt2S2-6. The maximum Gasteiger partial charge on any atom is 0.212 e. The second-order valence-electron chi connectivity index (χ2n) is 15.9. The maximum absolute atomic E-state index is 6.52. The molecule has 4 aliphatic rings. The summed E-state index contributed by atoms with van der Waals surface area (Å²) in [6.45, 7) is 7.86. The molecule has 3 aromatic heterocycles.